The molecule has 0 radical (unpaired) electrons. The lowest BCUT2D eigenvalue weighted by Gasteiger charge is -2.18. The van der Waals surface area contributed by atoms with E-state index in [2.05, 4.69) is 5.32 Å². The molecular formula is C12H17N3O4S. The van der Waals surface area contributed by atoms with E-state index in [9.17, 15) is 18.5 Å². The van der Waals surface area contributed by atoms with Crippen LogP contribution < -0.4 is 5.32 Å². The minimum absolute atomic E-state index is 0.0831. The number of benzene rings is 1. The second-order valence-electron chi connectivity index (χ2n) is 4.94. The van der Waals surface area contributed by atoms with Gasteiger partial charge in [-0.15, -0.1) is 0 Å². The van der Waals surface area contributed by atoms with Crippen molar-refractivity contribution in [3.05, 3.63) is 28.3 Å². The highest BCUT2D eigenvalue weighted by molar-refractivity contribution is 7.89. The van der Waals surface area contributed by atoms with Crippen LogP contribution in [0.4, 0.5) is 11.4 Å². The van der Waals surface area contributed by atoms with Crippen molar-refractivity contribution in [1.29, 1.82) is 0 Å². The molecule has 1 saturated heterocycles. The minimum Gasteiger partial charge on any atom is -0.387 e. The first-order valence-electron chi connectivity index (χ1n) is 6.32. The molecule has 0 aliphatic carbocycles. The van der Waals surface area contributed by atoms with Gasteiger partial charge in [0.25, 0.3) is 5.69 Å². The first-order chi connectivity index (χ1) is 9.36. The van der Waals surface area contributed by atoms with Gasteiger partial charge in [0.1, 0.15) is 4.90 Å². The lowest BCUT2D eigenvalue weighted by atomic mass is 10.2. The van der Waals surface area contributed by atoms with Gasteiger partial charge < -0.3 is 5.32 Å². The average molecular weight is 299 g/mol. The van der Waals surface area contributed by atoms with Gasteiger partial charge in [-0.2, -0.15) is 4.31 Å². The van der Waals surface area contributed by atoms with Crippen LogP contribution in [0.25, 0.3) is 0 Å². The van der Waals surface area contributed by atoms with Crippen molar-refractivity contribution in [2.45, 2.75) is 18.2 Å². The topological polar surface area (TPSA) is 92.5 Å². The lowest BCUT2D eigenvalue weighted by Crippen LogP contribution is -2.29. The number of nitro benzene ring substituents is 1. The smallest absolute Gasteiger partial charge is 0.271 e. The molecule has 1 atom stereocenters. The van der Waals surface area contributed by atoms with Crippen LogP contribution in [0.15, 0.2) is 23.1 Å². The molecule has 7 nitrogen and oxygen atoms in total. The minimum atomic E-state index is -3.61. The predicted molar refractivity (Wildman–Crippen MR) is 75.2 cm³/mol. The number of anilines is 1. The van der Waals surface area contributed by atoms with E-state index < -0.39 is 14.9 Å². The molecule has 0 aromatic heterocycles. The Bertz CT molecular complexity index is 630. The summed E-state index contributed by atoms with van der Waals surface area (Å²) in [4.78, 5) is 10.3. The molecular weight excluding hydrogens is 282 g/mol. The number of rotatable bonds is 4. The Morgan fingerprint density at radius 3 is 2.65 bits per heavy atom. The average Bonchev–Trinajstić information content (AvgIpc) is 2.85. The molecule has 1 aromatic rings. The summed E-state index contributed by atoms with van der Waals surface area (Å²) in [5.41, 5.74) is 0.113. The fraction of sp³-hybridized carbons (Fsp3) is 0.500. The first-order valence-corrected chi connectivity index (χ1v) is 7.76. The van der Waals surface area contributed by atoms with E-state index in [1.807, 2.05) is 6.92 Å². The van der Waals surface area contributed by atoms with E-state index in [-0.39, 0.29) is 16.3 Å². The molecule has 1 aliphatic heterocycles. The third-order valence-corrected chi connectivity index (χ3v) is 5.37. The summed E-state index contributed by atoms with van der Waals surface area (Å²) >= 11 is 0. The molecule has 2 rings (SSSR count). The lowest BCUT2D eigenvalue weighted by molar-refractivity contribution is -0.384. The highest BCUT2D eigenvalue weighted by Gasteiger charge is 2.32. The summed E-state index contributed by atoms with van der Waals surface area (Å²) < 4.78 is 26.5. The summed E-state index contributed by atoms with van der Waals surface area (Å²) in [6.45, 7) is 2.98. The zero-order valence-corrected chi connectivity index (χ0v) is 12.2. The number of nitro groups is 1. The maximum absolute atomic E-state index is 12.6. The Morgan fingerprint density at radius 1 is 1.45 bits per heavy atom. The third-order valence-electron chi connectivity index (χ3n) is 3.45. The monoisotopic (exact) mass is 299 g/mol. The Labute approximate surface area is 117 Å². The van der Waals surface area contributed by atoms with Gasteiger partial charge in [-0.1, -0.05) is 6.92 Å². The van der Waals surface area contributed by atoms with Crippen molar-refractivity contribution >= 4 is 21.4 Å². The molecule has 1 fully saturated rings. The third kappa shape index (κ3) is 2.61. The van der Waals surface area contributed by atoms with Crippen LogP contribution in [0.2, 0.25) is 0 Å². The van der Waals surface area contributed by atoms with Crippen molar-refractivity contribution < 1.29 is 13.3 Å². The number of non-ortho nitro benzene ring substituents is 1. The molecule has 1 aromatic carbocycles. The highest BCUT2D eigenvalue weighted by atomic mass is 32.2. The number of sulfonamides is 1. The molecule has 1 heterocycles. The van der Waals surface area contributed by atoms with Crippen LogP contribution in [-0.4, -0.2) is 37.8 Å². The van der Waals surface area contributed by atoms with E-state index in [1.54, 1.807) is 7.05 Å². The fourth-order valence-electron chi connectivity index (χ4n) is 2.30. The van der Waals surface area contributed by atoms with E-state index in [1.165, 1.54) is 22.5 Å². The van der Waals surface area contributed by atoms with Crippen LogP contribution in [-0.2, 0) is 10.0 Å². The maximum atomic E-state index is 12.6. The summed E-state index contributed by atoms with van der Waals surface area (Å²) in [6, 6.07) is 3.75. The quantitative estimate of drug-likeness (QED) is 0.674. The Balaban J connectivity index is 2.44. The highest BCUT2D eigenvalue weighted by Crippen LogP contribution is 2.31. The van der Waals surface area contributed by atoms with Crippen LogP contribution in [0.3, 0.4) is 0 Å². The van der Waals surface area contributed by atoms with Crippen LogP contribution >= 0.6 is 0 Å². The molecule has 0 spiro atoms. The van der Waals surface area contributed by atoms with Gasteiger partial charge in [0, 0.05) is 32.3 Å². The van der Waals surface area contributed by atoms with Crippen molar-refractivity contribution in [1.82, 2.24) is 4.31 Å². The molecule has 0 saturated carbocycles. The summed E-state index contributed by atoms with van der Waals surface area (Å²) in [5, 5.41) is 13.5. The molecule has 0 amide bonds. The zero-order valence-electron chi connectivity index (χ0n) is 11.4. The van der Waals surface area contributed by atoms with Crippen molar-refractivity contribution in [2.75, 3.05) is 25.5 Å². The van der Waals surface area contributed by atoms with Crippen molar-refractivity contribution in [2.24, 2.45) is 5.92 Å². The van der Waals surface area contributed by atoms with Crippen molar-refractivity contribution in [3.8, 4) is 0 Å². The summed E-state index contributed by atoms with van der Waals surface area (Å²) in [5.74, 6) is 0.334. The summed E-state index contributed by atoms with van der Waals surface area (Å²) in [7, 11) is -2.06. The van der Waals surface area contributed by atoms with Gasteiger partial charge in [0.2, 0.25) is 10.0 Å². The summed E-state index contributed by atoms with van der Waals surface area (Å²) in [6.07, 6.45) is 0.834. The molecule has 8 heteroatoms. The Kier molecular flexibility index (Phi) is 3.96. The van der Waals surface area contributed by atoms with Crippen LogP contribution in [0, 0.1) is 16.0 Å². The SMILES string of the molecule is CNc1cc([N+](=O)[O-])ccc1S(=O)(=O)N1CCC(C)C1. The van der Waals surface area contributed by atoms with Crippen LogP contribution in [0.1, 0.15) is 13.3 Å². The van der Waals surface area contributed by atoms with E-state index in [0.29, 0.717) is 19.0 Å². The van der Waals surface area contributed by atoms with E-state index in [0.717, 1.165) is 6.42 Å². The maximum Gasteiger partial charge on any atom is 0.271 e. The van der Waals surface area contributed by atoms with Crippen LogP contribution in [0.5, 0.6) is 0 Å². The first kappa shape index (κ1) is 14.7. The number of nitrogens with zero attached hydrogens (tertiary/aromatic N) is 2. The van der Waals surface area contributed by atoms with Gasteiger partial charge in [0.15, 0.2) is 0 Å². The van der Waals surface area contributed by atoms with Gasteiger partial charge in [-0.3, -0.25) is 10.1 Å². The van der Waals surface area contributed by atoms with Gasteiger partial charge >= 0.3 is 0 Å². The van der Waals surface area contributed by atoms with Gasteiger partial charge in [-0.05, 0) is 18.4 Å². The van der Waals surface area contributed by atoms with E-state index in [4.69, 9.17) is 0 Å². The molecule has 1 N–H and O–H groups in total. The standard InChI is InChI=1S/C12H17N3O4S/c1-9-5-6-14(8-9)20(18,19)12-4-3-10(15(16)17)7-11(12)13-2/h3-4,7,9,13H,5-6,8H2,1-2H3. The second kappa shape index (κ2) is 5.37. The number of hydrogen-bond donors (Lipinski definition) is 1. The Hall–Kier alpha value is -1.67. The largest absolute Gasteiger partial charge is 0.387 e. The Morgan fingerprint density at radius 2 is 2.15 bits per heavy atom. The molecule has 110 valence electrons. The normalized spacial score (nSPS) is 20.0. The van der Waals surface area contributed by atoms with E-state index >= 15 is 0 Å². The number of nitrogens with one attached hydrogen (secondary N) is 1. The molecule has 20 heavy (non-hydrogen) atoms. The van der Waals surface area contributed by atoms with Crippen molar-refractivity contribution in [3.63, 3.8) is 0 Å². The van der Waals surface area contributed by atoms with Gasteiger partial charge in [0.05, 0.1) is 10.6 Å². The molecule has 1 unspecified atom stereocenters. The predicted octanol–water partition coefficient (Wildman–Crippen LogP) is 1.67. The second-order valence-corrected chi connectivity index (χ2v) is 6.85. The molecule has 0 bridgehead atoms. The fourth-order valence-corrected chi connectivity index (χ4v) is 4.06. The number of hydrogen-bond acceptors (Lipinski definition) is 5. The molecule has 1 aliphatic rings. The zero-order chi connectivity index (χ0) is 14.9. The van der Waals surface area contributed by atoms with Gasteiger partial charge in [-0.25, -0.2) is 8.42 Å².